The third-order valence-electron chi connectivity index (χ3n) is 4.22. The average molecular weight is 349 g/mol. The number of rotatable bonds is 5. The molecule has 3 rings (SSSR count). The maximum absolute atomic E-state index is 12.6. The van der Waals surface area contributed by atoms with Crippen LogP contribution in [0.25, 0.3) is 6.08 Å². The van der Waals surface area contributed by atoms with E-state index in [1.165, 1.54) is 24.3 Å². The highest BCUT2D eigenvalue weighted by atomic mass is 19.4. The van der Waals surface area contributed by atoms with Gasteiger partial charge in [-0.05, 0) is 55.7 Å². The molecular formula is C19H18F3NO2. The first kappa shape index (κ1) is 17.3. The predicted molar refractivity (Wildman–Crippen MR) is 87.5 cm³/mol. The number of furan rings is 1. The molecule has 1 atom stereocenters. The second-order valence-electron chi connectivity index (χ2n) is 6.12. The molecule has 0 N–H and O–H groups in total. The molecule has 2 aromatic rings. The van der Waals surface area contributed by atoms with Gasteiger partial charge in [-0.3, -0.25) is 4.79 Å². The largest absolute Gasteiger partial charge is 0.467 e. The van der Waals surface area contributed by atoms with Crippen LogP contribution < -0.4 is 0 Å². The van der Waals surface area contributed by atoms with Crippen LogP contribution in [0.15, 0.2) is 53.2 Å². The molecule has 1 aliphatic rings. The van der Waals surface area contributed by atoms with E-state index < -0.39 is 11.7 Å². The summed E-state index contributed by atoms with van der Waals surface area (Å²) in [6, 6.07) is 8.32. The molecule has 25 heavy (non-hydrogen) atoms. The number of hydrogen-bond donors (Lipinski definition) is 0. The summed E-state index contributed by atoms with van der Waals surface area (Å²) in [6.07, 6.45) is 2.04. The van der Waals surface area contributed by atoms with E-state index in [0.29, 0.717) is 11.3 Å². The summed E-state index contributed by atoms with van der Waals surface area (Å²) in [5.41, 5.74) is -0.162. The Hall–Kier alpha value is -2.50. The summed E-state index contributed by atoms with van der Waals surface area (Å²) in [5.74, 6) is 0.537. The second kappa shape index (κ2) is 6.78. The summed E-state index contributed by atoms with van der Waals surface area (Å²) in [7, 11) is 0. The van der Waals surface area contributed by atoms with E-state index in [-0.39, 0.29) is 18.0 Å². The molecule has 0 aliphatic heterocycles. The lowest BCUT2D eigenvalue weighted by Gasteiger charge is -2.26. The minimum atomic E-state index is -4.36. The highest BCUT2D eigenvalue weighted by Crippen LogP contribution is 2.35. The van der Waals surface area contributed by atoms with Crippen molar-refractivity contribution in [2.75, 3.05) is 0 Å². The monoisotopic (exact) mass is 349 g/mol. The lowest BCUT2D eigenvalue weighted by atomic mass is 10.1. The van der Waals surface area contributed by atoms with E-state index >= 15 is 0 Å². The second-order valence-corrected chi connectivity index (χ2v) is 6.12. The molecule has 0 bridgehead atoms. The maximum atomic E-state index is 12.6. The Kier molecular flexibility index (Phi) is 4.70. The Balaban J connectivity index is 1.72. The van der Waals surface area contributed by atoms with Crippen molar-refractivity contribution >= 4 is 12.0 Å². The van der Waals surface area contributed by atoms with Gasteiger partial charge < -0.3 is 9.32 Å². The number of hydrogen-bond acceptors (Lipinski definition) is 2. The molecule has 1 aromatic carbocycles. The van der Waals surface area contributed by atoms with Crippen LogP contribution in [-0.4, -0.2) is 16.8 Å². The molecule has 0 radical (unpaired) electrons. The first-order chi connectivity index (χ1) is 11.9. The highest BCUT2D eigenvalue weighted by molar-refractivity contribution is 5.92. The molecule has 0 saturated heterocycles. The van der Waals surface area contributed by atoms with Crippen molar-refractivity contribution in [3.63, 3.8) is 0 Å². The topological polar surface area (TPSA) is 33.5 Å². The van der Waals surface area contributed by atoms with Gasteiger partial charge in [-0.2, -0.15) is 13.2 Å². The first-order valence-corrected chi connectivity index (χ1v) is 8.07. The van der Waals surface area contributed by atoms with Gasteiger partial charge in [0.2, 0.25) is 5.91 Å². The molecule has 1 aromatic heterocycles. The predicted octanol–water partition coefficient (Wildman–Crippen LogP) is 5.06. The zero-order valence-electron chi connectivity index (χ0n) is 13.7. The molecule has 1 amide bonds. The number of alkyl halides is 3. The number of carbonyl (C=O) groups excluding carboxylic acids is 1. The Bertz CT molecular complexity index is 744. The van der Waals surface area contributed by atoms with Crippen molar-refractivity contribution in [3.05, 3.63) is 65.6 Å². The van der Waals surface area contributed by atoms with Crippen molar-refractivity contribution in [1.29, 1.82) is 0 Å². The standard InChI is InChI=1S/C19H18F3NO2/c1-13(17-3-2-12-25-17)23(16-9-10-16)18(24)11-6-14-4-7-15(8-5-14)19(20,21)22/h2-8,11-13,16H,9-10H2,1H3. The van der Waals surface area contributed by atoms with Crippen molar-refractivity contribution < 1.29 is 22.4 Å². The van der Waals surface area contributed by atoms with Gasteiger partial charge >= 0.3 is 6.18 Å². The van der Waals surface area contributed by atoms with Crippen LogP contribution >= 0.6 is 0 Å². The van der Waals surface area contributed by atoms with Crippen LogP contribution in [0.5, 0.6) is 0 Å². The SMILES string of the molecule is CC(c1ccco1)N(C(=O)C=Cc1ccc(C(F)(F)F)cc1)C1CC1. The minimum absolute atomic E-state index is 0.175. The highest BCUT2D eigenvalue weighted by Gasteiger charge is 2.36. The van der Waals surface area contributed by atoms with Gasteiger partial charge in [-0.1, -0.05) is 12.1 Å². The smallest absolute Gasteiger partial charge is 0.416 e. The zero-order valence-corrected chi connectivity index (χ0v) is 13.7. The van der Waals surface area contributed by atoms with Gasteiger partial charge in [0.15, 0.2) is 0 Å². The molecular weight excluding hydrogens is 331 g/mol. The molecule has 0 spiro atoms. The van der Waals surface area contributed by atoms with E-state index in [0.717, 1.165) is 25.0 Å². The Labute approximate surface area is 143 Å². The van der Waals surface area contributed by atoms with Gasteiger partial charge in [0.05, 0.1) is 17.9 Å². The number of nitrogens with zero attached hydrogens (tertiary/aromatic N) is 1. The van der Waals surface area contributed by atoms with Crippen LogP contribution in [0.3, 0.4) is 0 Å². The molecule has 1 aliphatic carbocycles. The maximum Gasteiger partial charge on any atom is 0.416 e. The number of benzene rings is 1. The quantitative estimate of drug-likeness (QED) is 0.707. The van der Waals surface area contributed by atoms with Crippen molar-refractivity contribution in [2.24, 2.45) is 0 Å². The lowest BCUT2D eigenvalue weighted by Crippen LogP contribution is -2.34. The van der Waals surface area contributed by atoms with Gasteiger partial charge in [0.1, 0.15) is 5.76 Å². The Morgan fingerprint density at radius 1 is 1.24 bits per heavy atom. The summed E-state index contributed by atoms with van der Waals surface area (Å²) in [6.45, 7) is 1.90. The minimum Gasteiger partial charge on any atom is -0.467 e. The summed E-state index contributed by atoms with van der Waals surface area (Å²) in [4.78, 5) is 14.3. The summed E-state index contributed by atoms with van der Waals surface area (Å²) >= 11 is 0. The van der Waals surface area contributed by atoms with Crippen LogP contribution in [0.2, 0.25) is 0 Å². The fourth-order valence-electron chi connectivity index (χ4n) is 2.74. The Morgan fingerprint density at radius 3 is 2.44 bits per heavy atom. The van der Waals surface area contributed by atoms with E-state index in [1.54, 1.807) is 17.2 Å². The zero-order chi connectivity index (χ0) is 18.0. The molecule has 1 saturated carbocycles. The van der Waals surface area contributed by atoms with Gasteiger partial charge in [-0.15, -0.1) is 0 Å². The lowest BCUT2D eigenvalue weighted by molar-refractivity contribution is -0.137. The number of carbonyl (C=O) groups is 1. The molecule has 1 heterocycles. The van der Waals surface area contributed by atoms with Crippen LogP contribution in [0, 0.1) is 0 Å². The molecule has 3 nitrogen and oxygen atoms in total. The van der Waals surface area contributed by atoms with Gasteiger partial charge in [-0.25, -0.2) is 0 Å². The van der Waals surface area contributed by atoms with E-state index in [2.05, 4.69) is 0 Å². The third kappa shape index (κ3) is 4.13. The van der Waals surface area contributed by atoms with Crippen LogP contribution in [-0.2, 0) is 11.0 Å². The molecule has 1 unspecified atom stereocenters. The van der Waals surface area contributed by atoms with Crippen LogP contribution in [0.4, 0.5) is 13.2 Å². The van der Waals surface area contributed by atoms with E-state index in [9.17, 15) is 18.0 Å². The third-order valence-corrected chi connectivity index (χ3v) is 4.22. The summed E-state index contributed by atoms with van der Waals surface area (Å²) in [5, 5.41) is 0. The normalized spacial score (nSPS) is 16.2. The van der Waals surface area contributed by atoms with Crippen molar-refractivity contribution in [2.45, 2.75) is 38.0 Å². The van der Waals surface area contributed by atoms with Crippen molar-refractivity contribution in [1.82, 2.24) is 4.90 Å². The number of amides is 1. The fraction of sp³-hybridized carbons (Fsp3) is 0.316. The summed E-state index contributed by atoms with van der Waals surface area (Å²) < 4.78 is 43.1. The first-order valence-electron chi connectivity index (χ1n) is 8.07. The fourth-order valence-corrected chi connectivity index (χ4v) is 2.74. The van der Waals surface area contributed by atoms with Gasteiger partial charge in [0.25, 0.3) is 0 Å². The molecule has 132 valence electrons. The molecule has 1 fully saturated rings. The number of halogens is 3. The van der Waals surface area contributed by atoms with Crippen molar-refractivity contribution in [3.8, 4) is 0 Å². The average Bonchev–Trinajstić information content (AvgIpc) is 3.24. The van der Waals surface area contributed by atoms with E-state index in [1.807, 2.05) is 13.0 Å². The van der Waals surface area contributed by atoms with Crippen LogP contribution in [0.1, 0.15) is 42.7 Å². The molecule has 6 heteroatoms. The Morgan fingerprint density at radius 2 is 1.92 bits per heavy atom. The van der Waals surface area contributed by atoms with Gasteiger partial charge in [0, 0.05) is 12.1 Å². The van der Waals surface area contributed by atoms with E-state index in [4.69, 9.17) is 4.42 Å².